The van der Waals surface area contributed by atoms with Gasteiger partial charge >= 0.3 is 11.9 Å². The molecule has 0 saturated heterocycles. The van der Waals surface area contributed by atoms with E-state index in [1.807, 2.05) is 6.92 Å². The third kappa shape index (κ3) is 5.40. The van der Waals surface area contributed by atoms with Crippen molar-refractivity contribution >= 4 is 22.1 Å². The zero-order chi connectivity index (χ0) is 27.5. The van der Waals surface area contributed by atoms with Crippen LogP contribution in [0.2, 0.25) is 0 Å². The first-order valence-electron chi connectivity index (χ1n) is 15.0. The molecule has 0 aliphatic heterocycles. The Labute approximate surface area is 232 Å². The molecule has 0 radical (unpaired) electrons. The number of carbonyl (C=O) groups excluding carboxylic acids is 2. The summed E-state index contributed by atoms with van der Waals surface area (Å²) in [5, 5.41) is 0. The first-order valence-corrected chi connectivity index (χ1v) is 16.5. The molecule has 6 bridgehead atoms. The minimum Gasteiger partial charge on any atom is -0.462 e. The van der Waals surface area contributed by atoms with E-state index in [4.69, 9.17) is 9.47 Å². The topological polar surface area (TPSA) is 107 Å². The molecule has 1 aromatic rings. The van der Waals surface area contributed by atoms with Gasteiger partial charge in [-0.3, -0.25) is 4.55 Å². The minimum absolute atomic E-state index is 0.0510. The zero-order valence-electron chi connectivity index (χ0n) is 23.1. The summed E-state index contributed by atoms with van der Waals surface area (Å²) in [6.45, 7) is 4.56. The number of rotatable bonds is 7. The number of hydrogen-bond acceptors (Lipinski definition) is 6. The van der Waals surface area contributed by atoms with Gasteiger partial charge in [0.1, 0.15) is 5.60 Å². The van der Waals surface area contributed by atoms with Gasteiger partial charge in [-0.25, -0.2) is 9.59 Å². The molecule has 39 heavy (non-hydrogen) atoms. The Morgan fingerprint density at radius 2 is 1.28 bits per heavy atom. The highest BCUT2D eigenvalue weighted by molar-refractivity contribution is 7.85. The van der Waals surface area contributed by atoms with Crippen LogP contribution in [0, 0.1) is 47.3 Å². The van der Waals surface area contributed by atoms with Crippen molar-refractivity contribution in [3.63, 3.8) is 0 Å². The summed E-state index contributed by atoms with van der Waals surface area (Å²) in [4.78, 5) is 26.0. The van der Waals surface area contributed by atoms with Crippen LogP contribution in [0.15, 0.2) is 23.1 Å². The van der Waals surface area contributed by atoms with Crippen molar-refractivity contribution in [3.05, 3.63) is 29.3 Å². The molecular formula is C31H42O7S. The van der Waals surface area contributed by atoms with E-state index in [1.54, 1.807) is 0 Å². The van der Waals surface area contributed by atoms with E-state index in [1.165, 1.54) is 38.2 Å². The molecule has 6 aliphatic carbocycles. The Morgan fingerprint density at radius 1 is 0.795 bits per heavy atom. The van der Waals surface area contributed by atoms with E-state index in [9.17, 15) is 22.6 Å². The highest BCUT2D eigenvalue weighted by Crippen LogP contribution is 2.59. The van der Waals surface area contributed by atoms with Crippen LogP contribution >= 0.6 is 0 Å². The monoisotopic (exact) mass is 558 g/mol. The number of benzene rings is 1. The SMILES string of the molecule is CCC1CC2CC(COC(=O)c3cc(C(=O)OC4(C)C5CC6CC(C5)CC4C6)cc(S(=O)(=O)O)c3)CC(C1)C2. The van der Waals surface area contributed by atoms with E-state index in [0.717, 1.165) is 56.6 Å². The first kappa shape index (κ1) is 27.3. The van der Waals surface area contributed by atoms with Crippen molar-refractivity contribution < 1.29 is 32.0 Å². The molecule has 1 N–H and O–H groups in total. The maximum Gasteiger partial charge on any atom is 0.338 e. The Hall–Kier alpha value is -1.93. The van der Waals surface area contributed by atoms with Crippen molar-refractivity contribution in [1.29, 1.82) is 0 Å². The molecule has 214 valence electrons. The van der Waals surface area contributed by atoms with E-state index >= 15 is 0 Å². The summed E-state index contributed by atoms with van der Waals surface area (Å²) < 4.78 is 45.7. The van der Waals surface area contributed by atoms with Crippen molar-refractivity contribution in [1.82, 2.24) is 0 Å². The second-order valence-corrected chi connectivity index (χ2v) is 15.2. The summed E-state index contributed by atoms with van der Waals surface area (Å²) in [7, 11) is -4.65. The molecule has 6 saturated carbocycles. The molecule has 0 spiro atoms. The summed E-state index contributed by atoms with van der Waals surface area (Å²) in [6, 6.07) is 3.53. The Bertz CT molecular complexity index is 1200. The Kier molecular flexibility index (Phi) is 7.10. The van der Waals surface area contributed by atoms with Gasteiger partial charge < -0.3 is 9.47 Å². The molecule has 0 aromatic heterocycles. The number of hydrogen-bond donors (Lipinski definition) is 1. The second-order valence-electron chi connectivity index (χ2n) is 13.7. The average molecular weight is 559 g/mol. The average Bonchev–Trinajstić information content (AvgIpc) is 2.88. The van der Waals surface area contributed by atoms with E-state index in [0.29, 0.717) is 41.4 Å². The highest BCUT2D eigenvalue weighted by atomic mass is 32.2. The lowest BCUT2D eigenvalue weighted by atomic mass is 9.50. The van der Waals surface area contributed by atoms with Crippen LogP contribution in [0.4, 0.5) is 0 Å². The first-order chi connectivity index (χ1) is 18.5. The predicted octanol–water partition coefficient (Wildman–Crippen LogP) is 6.31. The van der Waals surface area contributed by atoms with Crippen LogP contribution in [-0.4, -0.2) is 37.1 Å². The number of carbonyl (C=O) groups is 2. The van der Waals surface area contributed by atoms with Gasteiger partial charge in [0.05, 0.1) is 22.6 Å². The van der Waals surface area contributed by atoms with Crippen molar-refractivity contribution in [2.75, 3.05) is 6.61 Å². The van der Waals surface area contributed by atoms with Crippen LogP contribution in [0.1, 0.15) is 105 Å². The van der Waals surface area contributed by atoms with Gasteiger partial charge in [0.25, 0.3) is 10.1 Å². The summed E-state index contributed by atoms with van der Waals surface area (Å²) in [5.41, 5.74) is -0.714. The minimum atomic E-state index is -4.65. The fraction of sp³-hybridized carbons (Fsp3) is 0.742. The van der Waals surface area contributed by atoms with E-state index < -0.39 is 32.6 Å². The van der Waals surface area contributed by atoms with Crippen molar-refractivity contribution in [3.8, 4) is 0 Å². The van der Waals surface area contributed by atoms with Crippen LogP contribution < -0.4 is 0 Å². The van der Waals surface area contributed by atoms with E-state index in [-0.39, 0.29) is 17.7 Å². The third-order valence-corrected chi connectivity index (χ3v) is 11.9. The molecule has 6 fully saturated rings. The van der Waals surface area contributed by atoms with Crippen molar-refractivity contribution in [2.24, 2.45) is 47.3 Å². The second kappa shape index (κ2) is 10.2. The van der Waals surface area contributed by atoms with Crippen LogP contribution in [0.25, 0.3) is 0 Å². The summed E-state index contributed by atoms with van der Waals surface area (Å²) >= 11 is 0. The van der Waals surface area contributed by atoms with Crippen LogP contribution in [-0.2, 0) is 19.6 Å². The number of fused-ring (bicyclic) bond motifs is 2. The van der Waals surface area contributed by atoms with Crippen LogP contribution in [0.3, 0.4) is 0 Å². The highest BCUT2D eigenvalue weighted by Gasteiger charge is 2.57. The molecular weight excluding hydrogens is 516 g/mol. The standard InChI is InChI=1S/C31H42O7S/c1-3-18-4-19-6-20(5-18)9-23(8-19)17-37-29(32)24-14-25(16-28(15-24)39(34,35)36)30(33)38-31(2)26-10-21-7-22(12-26)13-27(31)11-21/h14-16,18-23,26-27H,3-13,17H2,1-2H3,(H,34,35,36). The fourth-order valence-corrected chi connectivity index (χ4v) is 9.95. The largest absolute Gasteiger partial charge is 0.462 e. The molecule has 8 heteroatoms. The molecule has 0 heterocycles. The maximum atomic E-state index is 13.4. The molecule has 2 atom stereocenters. The van der Waals surface area contributed by atoms with Gasteiger partial charge in [-0.15, -0.1) is 0 Å². The molecule has 7 nitrogen and oxygen atoms in total. The Morgan fingerprint density at radius 3 is 1.79 bits per heavy atom. The lowest BCUT2D eigenvalue weighted by Gasteiger charge is -2.59. The van der Waals surface area contributed by atoms with Gasteiger partial charge in [0.15, 0.2) is 0 Å². The molecule has 7 rings (SSSR count). The van der Waals surface area contributed by atoms with Gasteiger partial charge in [-0.1, -0.05) is 13.3 Å². The quantitative estimate of drug-likeness (QED) is 0.308. The van der Waals surface area contributed by atoms with Gasteiger partial charge in [0, 0.05) is 0 Å². The summed E-state index contributed by atoms with van der Waals surface area (Å²) in [5.74, 6) is 3.14. The fourth-order valence-electron chi connectivity index (χ4n) is 9.40. The lowest BCUT2D eigenvalue weighted by Crippen LogP contribution is -2.58. The molecule has 0 amide bonds. The number of ether oxygens (including phenoxy) is 2. The summed E-state index contributed by atoms with van der Waals surface area (Å²) in [6.07, 6.45) is 12.6. The normalized spacial score (nSPS) is 38.8. The van der Waals surface area contributed by atoms with Crippen molar-refractivity contribution in [2.45, 2.75) is 95.0 Å². The van der Waals surface area contributed by atoms with Crippen LogP contribution in [0.5, 0.6) is 0 Å². The molecule has 6 aliphatic rings. The van der Waals surface area contributed by atoms with Gasteiger partial charge in [0.2, 0.25) is 0 Å². The van der Waals surface area contributed by atoms with E-state index in [2.05, 4.69) is 6.92 Å². The number of esters is 2. The molecule has 1 aromatic carbocycles. The lowest BCUT2D eigenvalue weighted by molar-refractivity contribution is -0.165. The van der Waals surface area contributed by atoms with Gasteiger partial charge in [-0.05, 0) is 137 Å². The molecule has 2 unspecified atom stereocenters. The Balaban J connectivity index is 1.16. The third-order valence-electron chi connectivity index (χ3n) is 11.1. The maximum absolute atomic E-state index is 13.4. The zero-order valence-corrected chi connectivity index (χ0v) is 24.0. The van der Waals surface area contributed by atoms with Gasteiger partial charge in [-0.2, -0.15) is 8.42 Å². The smallest absolute Gasteiger partial charge is 0.338 e. The predicted molar refractivity (Wildman–Crippen MR) is 145 cm³/mol.